The zero-order valence-electron chi connectivity index (χ0n) is 11.3. The van der Waals surface area contributed by atoms with Gasteiger partial charge in [0, 0.05) is 11.6 Å². The van der Waals surface area contributed by atoms with E-state index in [1.54, 1.807) is 12.1 Å². The first-order chi connectivity index (χ1) is 8.70. The molecule has 1 atom stereocenters. The number of nitrogens with one attached hydrogen (secondary N) is 1. The Morgan fingerprint density at radius 2 is 1.89 bits per heavy atom. The number of unbranched alkanes of at least 4 members (excludes halogenated alkanes) is 3. The lowest BCUT2D eigenvalue weighted by Gasteiger charge is -2.19. The van der Waals surface area contributed by atoms with Crippen LogP contribution in [0.15, 0.2) is 18.2 Å². The van der Waals surface area contributed by atoms with Gasteiger partial charge in [-0.15, -0.1) is 0 Å². The van der Waals surface area contributed by atoms with Crippen LogP contribution in [-0.2, 0) is 0 Å². The SMILES string of the molecule is CCCCCCC(NCC)c1cccc(F)c1F. The maximum atomic E-state index is 13.7. The summed E-state index contributed by atoms with van der Waals surface area (Å²) in [7, 11) is 0. The van der Waals surface area contributed by atoms with Crippen molar-refractivity contribution < 1.29 is 8.78 Å². The largest absolute Gasteiger partial charge is 0.310 e. The van der Waals surface area contributed by atoms with Gasteiger partial charge in [-0.2, -0.15) is 0 Å². The molecule has 102 valence electrons. The van der Waals surface area contributed by atoms with Crippen LogP contribution in [0.25, 0.3) is 0 Å². The Labute approximate surface area is 109 Å². The maximum Gasteiger partial charge on any atom is 0.163 e. The molecule has 1 N–H and O–H groups in total. The molecule has 0 aliphatic heterocycles. The average Bonchev–Trinajstić information content (AvgIpc) is 2.37. The standard InChI is InChI=1S/C15H23F2N/c1-3-5-6-7-11-14(18-4-2)12-9-8-10-13(16)15(12)17/h8-10,14,18H,3-7,11H2,1-2H3. The van der Waals surface area contributed by atoms with E-state index in [2.05, 4.69) is 12.2 Å². The first kappa shape index (κ1) is 15.1. The predicted octanol–water partition coefficient (Wildman–Crippen LogP) is 4.59. The Kier molecular flexibility index (Phi) is 6.88. The van der Waals surface area contributed by atoms with E-state index in [0.29, 0.717) is 5.56 Å². The van der Waals surface area contributed by atoms with Crippen LogP contribution < -0.4 is 5.32 Å². The van der Waals surface area contributed by atoms with Gasteiger partial charge in [-0.25, -0.2) is 8.78 Å². The molecule has 0 saturated heterocycles. The zero-order valence-corrected chi connectivity index (χ0v) is 11.3. The van der Waals surface area contributed by atoms with E-state index in [0.717, 1.165) is 25.8 Å². The van der Waals surface area contributed by atoms with Crippen LogP contribution in [0.5, 0.6) is 0 Å². The summed E-state index contributed by atoms with van der Waals surface area (Å²) in [4.78, 5) is 0. The molecular formula is C15H23F2N. The van der Waals surface area contributed by atoms with Gasteiger partial charge in [0.25, 0.3) is 0 Å². The Morgan fingerprint density at radius 1 is 1.11 bits per heavy atom. The molecule has 0 aliphatic carbocycles. The van der Waals surface area contributed by atoms with E-state index in [-0.39, 0.29) is 6.04 Å². The molecule has 0 fully saturated rings. The van der Waals surface area contributed by atoms with E-state index < -0.39 is 11.6 Å². The molecule has 1 aromatic rings. The molecule has 0 saturated carbocycles. The molecule has 0 aliphatic rings. The Hall–Kier alpha value is -0.960. The number of hydrogen-bond acceptors (Lipinski definition) is 1. The molecule has 0 radical (unpaired) electrons. The number of benzene rings is 1. The quantitative estimate of drug-likeness (QED) is 0.670. The molecule has 0 amide bonds. The van der Waals surface area contributed by atoms with Crippen molar-refractivity contribution in [2.75, 3.05) is 6.54 Å². The number of rotatable bonds is 8. The molecule has 0 spiro atoms. The topological polar surface area (TPSA) is 12.0 Å². The van der Waals surface area contributed by atoms with Gasteiger partial charge in [-0.1, -0.05) is 51.7 Å². The van der Waals surface area contributed by atoms with Crippen molar-refractivity contribution in [2.24, 2.45) is 0 Å². The van der Waals surface area contributed by atoms with Gasteiger partial charge in [-0.05, 0) is 19.0 Å². The summed E-state index contributed by atoms with van der Waals surface area (Å²) in [5, 5.41) is 3.24. The van der Waals surface area contributed by atoms with Gasteiger partial charge in [-0.3, -0.25) is 0 Å². The number of hydrogen-bond donors (Lipinski definition) is 1. The lowest BCUT2D eigenvalue weighted by Crippen LogP contribution is -2.22. The highest BCUT2D eigenvalue weighted by Crippen LogP contribution is 2.24. The third-order valence-corrected chi connectivity index (χ3v) is 3.15. The fourth-order valence-corrected chi connectivity index (χ4v) is 2.18. The van der Waals surface area contributed by atoms with E-state index in [1.807, 2.05) is 6.92 Å². The lowest BCUT2D eigenvalue weighted by atomic mass is 9.99. The zero-order chi connectivity index (χ0) is 13.4. The molecule has 18 heavy (non-hydrogen) atoms. The van der Waals surface area contributed by atoms with Crippen LogP contribution in [0.1, 0.15) is 57.6 Å². The van der Waals surface area contributed by atoms with Crippen molar-refractivity contribution in [3.05, 3.63) is 35.4 Å². The van der Waals surface area contributed by atoms with Crippen molar-refractivity contribution in [2.45, 2.75) is 52.0 Å². The minimum atomic E-state index is -0.760. The minimum Gasteiger partial charge on any atom is -0.310 e. The normalized spacial score (nSPS) is 12.7. The minimum absolute atomic E-state index is 0.0810. The Bertz CT molecular complexity index is 352. The second-order valence-electron chi connectivity index (χ2n) is 4.60. The molecule has 0 aromatic heterocycles. The summed E-state index contributed by atoms with van der Waals surface area (Å²) in [6.45, 7) is 4.90. The highest BCUT2D eigenvalue weighted by atomic mass is 19.2. The van der Waals surface area contributed by atoms with Crippen molar-refractivity contribution in [1.29, 1.82) is 0 Å². The van der Waals surface area contributed by atoms with Crippen LogP contribution in [0.2, 0.25) is 0 Å². The summed E-state index contributed by atoms with van der Waals surface area (Å²) in [5.74, 6) is -1.47. The number of halogens is 2. The second kappa shape index (κ2) is 8.20. The van der Waals surface area contributed by atoms with Crippen molar-refractivity contribution in [3.8, 4) is 0 Å². The van der Waals surface area contributed by atoms with Gasteiger partial charge in [0.05, 0.1) is 0 Å². The predicted molar refractivity (Wildman–Crippen MR) is 71.5 cm³/mol. The van der Waals surface area contributed by atoms with E-state index in [1.165, 1.54) is 18.9 Å². The Balaban J connectivity index is 2.68. The molecular weight excluding hydrogens is 232 g/mol. The smallest absolute Gasteiger partial charge is 0.163 e. The molecule has 3 heteroatoms. The summed E-state index contributed by atoms with van der Waals surface area (Å²) in [6, 6.07) is 4.33. The first-order valence-corrected chi connectivity index (χ1v) is 6.88. The second-order valence-corrected chi connectivity index (χ2v) is 4.60. The van der Waals surface area contributed by atoms with Crippen molar-refractivity contribution >= 4 is 0 Å². The van der Waals surface area contributed by atoms with Crippen LogP contribution in [0, 0.1) is 11.6 Å². The molecule has 1 aromatic carbocycles. The Morgan fingerprint density at radius 3 is 2.56 bits per heavy atom. The molecule has 1 nitrogen and oxygen atoms in total. The summed E-state index contributed by atoms with van der Waals surface area (Å²) in [5.41, 5.74) is 0.452. The van der Waals surface area contributed by atoms with E-state index in [9.17, 15) is 8.78 Å². The van der Waals surface area contributed by atoms with Gasteiger partial charge in [0.15, 0.2) is 11.6 Å². The fraction of sp³-hybridized carbons (Fsp3) is 0.600. The molecule has 1 unspecified atom stereocenters. The monoisotopic (exact) mass is 255 g/mol. The fourth-order valence-electron chi connectivity index (χ4n) is 2.18. The third kappa shape index (κ3) is 4.37. The van der Waals surface area contributed by atoms with Crippen LogP contribution in [0.4, 0.5) is 8.78 Å². The van der Waals surface area contributed by atoms with Gasteiger partial charge in [0.1, 0.15) is 0 Å². The third-order valence-electron chi connectivity index (χ3n) is 3.15. The highest BCUT2D eigenvalue weighted by molar-refractivity contribution is 5.22. The maximum absolute atomic E-state index is 13.7. The van der Waals surface area contributed by atoms with Crippen LogP contribution >= 0.6 is 0 Å². The van der Waals surface area contributed by atoms with Crippen molar-refractivity contribution in [1.82, 2.24) is 5.32 Å². The first-order valence-electron chi connectivity index (χ1n) is 6.88. The summed E-state index contributed by atoms with van der Waals surface area (Å²) < 4.78 is 27.0. The van der Waals surface area contributed by atoms with Gasteiger partial charge < -0.3 is 5.32 Å². The molecule has 1 rings (SSSR count). The van der Waals surface area contributed by atoms with Crippen LogP contribution in [-0.4, -0.2) is 6.54 Å². The lowest BCUT2D eigenvalue weighted by molar-refractivity contribution is 0.439. The van der Waals surface area contributed by atoms with E-state index >= 15 is 0 Å². The van der Waals surface area contributed by atoms with Gasteiger partial charge >= 0.3 is 0 Å². The summed E-state index contributed by atoms with van der Waals surface area (Å²) in [6.07, 6.45) is 5.43. The highest BCUT2D eigenvalue weighted by Gasteiger charge is 2.16. The molecule has 0 bridgehead atoms. The van der Waals surface area contributed by atoms with Crippen LogP contribution in [0.3, 0.4) is 0 Å². The van der Waals surface area contributed by atoms with Crippen molar-refractivity contribution in [3.63, 3.8) is 0 Å². The summed E-state index contributed by atoms with van der Waals surface area (Å²) >= 11 is 0. The van der Waals surface area contributed by atoms with Gasteiger partial charge in [0.2, 0.25) is 0 Å². The average molecular weight is 255 g/mol. The van der Waals surface area contributed by atoms with E-state index in [4.69, 9.17) is 0 Å². The molecule has 0 heterocycles.